The lowest BCUT2D eigenvalue weighted by atomic mass is 10.0. The van der Waals surface area contributed by atoms with Crippen molar-refractivity contribution >= 4 is 22.6 Å². The van der Waals surface area contributed by atoms with E-state index >= 15 is 0 Å². The summed E-state index contributed by atoms with van der Waals surface area (Å²) in [7, 11) is 0. The fourth-order valence-corrected chi connectivity index (χ4v) is 4.09. The largest absolute Gasteiger partial charge is 0.472 e. The summed E-state index contributed by atoms with van der Waals surface area (Å²) in [5, 5.41) is 1.99. The lowest BCUT2D eigenvalue weighted by molar-refractivity contribution is -0.0340. The van der Waals surface area contributed by atoms with Gasteiger partial charge in [-0.25, -0.2) is 0 Å². The van der Waals surface area contributed by atoms with Crippen molar-refractivity contribution in [3.63, 3.8) is 0 Å². The minimum absolute atomic E-state index is 0.00705. The van der Waals surface area contributed by atoms with Crippen molar-refractivity contribution in [2.75, 3.05) is 32.8 Å². The normalized spacial score (nSPS) is 16.6. The average molecular weight is 421 g/mol. The van der Waals surface area contributed by atoms with E-state index in [0.717, 1.165) is 10.8 Å². The Hall–Kier alpha value is -3.12. The number of rotatable bonds is 6. The first-order valence-corrected chi connectivity index (χ1v) is 10.7. The van der Waals surface area contributed by atoms with Gasteiger partial charge in [-0.2, -0.15) is 0 Å². The highest BCUT2D eigenvalue weighted by molar-refractivity contribution is 6.07. The monoisotopic (exact) mass is 420 g/mol. The van der Waals surface area contributed by atoms with Gasteiger partial charge in [0.25, 0.3) is 11.8 Å². The molecule has 3 aromatic rings. The molecule has 2 heterocycles. The van der Waals surface area contributed by atoms with Crippen LogP contribution in [0.1, 0.15) is 34.6 Å². The number of hydrogen-bond donors (Lipinski definition) is 0. The zero-order valence-corrected chi connectivity index (χ0v) is 18.0. The third kappa shape index (κ3) is 4.80. The number of nitrogens with zero attached hydrogens (tertiary/aromatic N) is 2. The van der Waals surface area contributed by atoms with E-state index in [1.54, 1.807) is 11.0 Å². The maximum absolute atomic E-state index is 13.5. The number of carbonyl (C=O) groups excluding carboxylic acids is 2. The predicted octanol–water partition coefficient (Wildman–Crippen LogP) is 4.07. The quantitative estimate of drug-likeness (QED) is 0.603. The number of morpholine rings is 1. The standard InChI is InChI=1S/C25H28N2O4/c1-18(2)14-27(25(29)23-9-5-7-19-6-3-4-8-22(19)23)16-21-15-26(11-13-31-21)24(28)20-10-12-30-17-20/h3-10,12,17-18,21H,11,13-16H2,1-2H3/t21-/m0/s1. The minimum atomic E-state index is -0.234. The second-order valence-electron chi connectivity index (χ2n) is 8.39. The molecule has 4 rings (SSSR count). The summed E-state index contributed by atoms with van der Waals surface area (Å²) >= 11 is 0. The van der Waals surface area contributed by atoms with Crippen molar-refractivity contribution in [3.8, 4) is 0 Å². The van der Waals surface area contributed by atoms with Gasteiger partial charge in [0.1, 0.15) is 6.26 Å². The second-order valence-corrected chi connectivity index (χ2v) is 8.39. The van der Waals surface area contributed by atoms with Gasteiger partial charge in [-0.15, -0.1) is 0 Å². The molecule has 0 unspecified atom stereocenters. The number of fused-ring (bicyclic) bond motifs is 1. The summed E-state index contributed by atoms with van der Waals surface area (Å²) in [6.07, 6.45) is 2.72. The van der Waals surface area contributed by atoms with Crippen molar-refractivity contribution in [2.24, 2.45) is 5.92 Å². The van der Waals surface area contributed by atoms with Crippen LogP contribution in [0.5, 0.6) is 0 Å². The van der Waals surface area contributed by atoms with E-state index in [9.17, 15) is 9.59 Å². The molecule has 1 aliphatic heterocycles. The molecule has 6 heteroatoms. The molecule has 2 aromatic carbocycles. The molecule has 0 N–H and O–H groups in total. The highest BCUT2D eigenvalue weighted by Gasteiger charge is 2.29. The Kier molecular flexibility index (Phi) is 6.37. The third-order valence-electron chi connectivity index (χ3n) is 5.51. The zero-order chi connectivity index (χ0) is 21.8. The van der Waals surface area contributed by atoms with E-state index in [4.69, 9.17) is 9.15 Å². The van der Waals surface area contributed by atoms with Gasteiger partial charge in [-0.05, 0) is 28.8 Å². The molecule has 1 aliphatic rings. The highest BCUT2D eigenvalue weighted by Crippen LogP contribution is 2.21. The number of ether oxygens (including phenoxy) is 1. The molecule has 31 heavy (non-hydrogen) atoms. The topological polar surface area (TPSA) is 63.0 Å². The summed E-state index contributed by atoms with van der Waals surface area (Å²) in [5.74, 6) is 0.233. The summed E-state index contributed by atoms with van der Waals surface area (Å²) in [5.41, 5.74) is 1.23. The SMILES string of the molecule is CC(C)CN(C[C@@H]1CN(C(=O)c2ccoc2)CCO1)C(=O)c1cccc2ccccc12. The van der Waals surface area contributed by atoms with Crippen LogP contribution >= 0.6 is 0 Å². The molecule has 6 nitrogen and oxygen atoms in total. The van der Waals surface area contributed by atoms with Crippen LogP contribution in [-0.4, -0.2) is 60.5 Å². The number of benzene rings is 2. The molecule has 1 atom stereocenters. The van der Waals surface area contributed by atoms with Gasteiger partial charge in [-0.1, -0.05) is 50.2 Å². The van der Waals surface area contributed by atoms with E-state index in [2.05, 4.69) is 13.8 Å². The molecule has 0 spiro atoms. The summed E-state index contributed by atoms with van der Waals surface area (Å²) in [4.78, 5) is 29.9. The molecule has 1 aromatic heterocycles. The van der Waals surface area contributed by atoms with Crippen LogP contribution in [-0.2, 0) is 4.74 Å². The van der Waals surface area contributed by atoms with Crippen molar-refractivity contribution < 1.29 is 18.7 Å². The maximum Gasteiger partial charge on any atom is 0.257 e. The first kappa shape index (κ1) is 21.1. The van der Waals surface area contributed by atoms with E-state index in [1.165, 1.54) is 12.5 Å². The molecule has 2 amide bonds. The van der Waals surface area contributed by atoms with Crippen molar-refractivity contribution in [1.29, 1.82) is 0 Å². The van der Waals surface area contributed by atoms with E-state index < -0.39 is 0 Å². The first-order valence-electron chi connectivity index (χ1n) is 10.7. The summed E-state index contributed by atoms with van der Waals surface area (Å²) in [6, 6.07) is 15.4. The van der Waals surface area contributed by atoms with Gasteiger partial charge in [0.15, 0.2) is 0 Å². The second kappa shape index (κ2) is 9.35. The molecule has 0 bridgehead atoms. The lowest BCUT2D eigenvalue weighted by Crippen LogP contribution is -2.51. The Morgan fingerprint density at radius 1 is 1.13 bits per heavy atom. The Labute approximate surface area is 182 Å². The molecule has 1 saturated heterocycles. The van der Waals surface area contributed by atoms with E-state index in [-0.39, 0.29) is 17.9 Å². The Morgan fingerprint density at radius 3 is 2.71 bits per heavy atom. The van der Waals surface area contributed by atoms with Gasteiger partial charge in [0.2, 0.25) is 0 Å². The van der Waals surface area contributed by atoms with Crippen molar-refractivity contribution in [2.45, 2.75) is 20.0 Å². The highest BCUT2D eigenvalue weighted by atomic mass is 16.5. The number of carbonyl (C=O) groups is 2. The fraction of sp³-hybridized carbons (Fsp3) is 0.360. The molecule has 0 saturated carbocycles. The lowest BCUT2D eigenvalue weighted by Gasteiger charge is -2.36. The van der Waals surface area contributed by atoms with Crippen molar-refractivity contribution in [3.05, 3.63) is 72.2 Å². The minimum Gasteiger partial charge on any atom is -0.472 e. The maximum atomic E-state index is 13.5. The Bertz CT molecular complexity index is 1040. The average Bonchev–Trinajstić information content (AvgIpc) is 3.32. The number of amides is 2. The Morgan fingerprint density at radius 2 is 1.94 bits per heavy atom. The fourth-order valence-electron chi connectivity index (χ4n) is 4.09. The van der Waals surface area contributed by atoms with Crippen LogP contribution in [0, 0.1) is 5.92 Å². The van der Waals surface area contributed by atoms with Gasteiger partial charge in [0, 0.05) is 31.7 Å². The van der Waals surface area contributed by atoms with Gasteiger partial charge in [-0.3, -0.25) is 9.59 Å². The van der Waals surface area contributed by atoms with Crippen LogP contribution in [0.15, 0.2) is 65.5 Å². The first-order chi connectivity index (χ1) is 15.0. The van der Waals surface area contributed by atoms with E-state index in [1.807, 2.05) is 47.4 Å². The van der Waals surface area contributed by atoms with Crippen molar-refractivity contribution in [1.82, 2.24) is 9.80 Å². The molecule has 0 radical (unpaired) electrons. The van der Waals surface area contributed by atoms with Gasteiger partial charge >= 0.3 is 0 Å². The summed E-state index contributed by atoms with van der Waals surface area (Å²) in [6.45, 7) is 6.68. The van der Waals surface area contributed by atoms with E-state index in [0.29, 0.717) is 49.8 Å². The van der Waals surface area contributed by atoms with Gasteiger partial charge < -0.3 is 19.0 Å². The molecule has 0 aliphatic carbocycles. The van der Waals surface area contributed by atoms with Crippen LogP contribution in [0.2, 0.25) is 0 Å². The van der Waals surface area contributed by atoms with Gasteiger partial charge in [0.05, 0.1) is 24.5 Å². The molecular formula is C25H28N2O4. The predicted molar refractivity (Wildman–Crippen MR) is 119 cm³/mol. The molecule has 162 valence electrons. The zero-order valence-electron chi connectivity index (χ0n) is 18.0. The molecule has 1 fully saturated rings. The third-order valence-corrected chi connectivity index (χ3v) is 5.51. The van der Waals surface area contributed by atoms with Crippen LogP contribution in [0.25, 0.3) is 10.8 Å². The van der Waals surface area contributed by atoms with Crippen LogP contribution < -0.4 is 0 Å². The van der Waals surface area contributed by atoms with Crippen LogP contribution in [0.4, 0.5) is 0 Å². The number of hydrogen-bond acceptors (Lipinski definition) is 4. The summed E-state index contributed by atoms with van der Waals surface area (Å²) < 4.78 is 11.0. The number of furan rings is 1. The Balaban J connectivity index is 1.52. The van der Waals surface area contributed by atoms with Crippen LogP contribution in [0.3, 0.4) is 0 Å². The molecular weight excluding hydrogens is 392 g/mol. The smallest absolute Gasteiger partial charge is 0.257 e.